The van der Waals surface area contributed by atoms with Gasteiger partial charge in [0.1, 0.15) is 0 Å². The van der Waals surface area contributed by atoms with Gasteiger partial charge < -0.3 is 10.6 Å². The lowest BCUT2D eigenvalue weighted by atomic mass is 9.86. The first-order valence-electron chi connectivity index (χ1n) is 5.78. The fraction of sp³-hybridized carbons (Fsp3) is 0.917. The van der Waals surface area contributed by atoms with Crippen LogP contribution < -0.4 is 5.73 Å². The van der Waals surface area contributed by atoms with Gasteiger partial charge in [0.2, 0.25) is 5.91 Å². The van der Waals surface area contributed by atoms with Gasteiger partial charge in [-0.2, -0.15) is 0 Å². The second kappa shape index (κ2) is 4.12. The number of nitrogens with zero attached hydrogens (tertiary/aromatic N) is 1. The van der Waals surface area contributed by atoms with Gasteiger partial charge >= 0.3 is 0 Å². The number of amides is 1. The predicted octanol–water partition coefficient (Wildman–Crippen LogP) is 1.47. The van der Waals surface area contributed by atoms with E-state index < -0.39 is 0 Å². The first kappa shape index (κ1) is 12.5. The third-order valence-electron chi connectivity index (χ3n) is 3.50. The number of carbonyl (C=O) groups excluding carboxylic acids is 1. The monoisotopic (exact) mass is 212 g/mol. The molecule has 1 amide bonds. The van der Waals surface area contributed by atoms with Crippen LogP contribution in [0.5, 0.6) is 0 Å². The van der Waals surface area contributed by atoms with Crippen molar-refractivity contribution in [3.63, 3.8) is 0 Å². The molecule has 3 heteroatoms. The lowest BCUT2D eigenvalue weighted by Crippen LogP contribution is -2.49. The zero-order valence-electron chi connectivity index (χ0n) is 10.6. The summed E-state index contributed by atoms with van der Waals surface area (Å²) in [5.41, 5.74) is 5.83. The van der Waals surface area contributed by atoms with Crippen molar-refractivity contribution in [2.45, 2.75) is 40.7 Å². The molecule has 0 radical (unpaired) electrons. The number of likely N-dealkylation sites (tertiary alicyclic amines) is 1. The Labute approximate surface area is 93.0 Å². The normalized spacial score (nSPS) is 29.3. The lowest BCUT2D eigenvalue weighted by molar-refractivity contribution is -0.134. The van der Waals surface area contributed by atoms with Gasteiger partial charge in [0, 0.05) is 13.1 Å². The summed E-state index contributed by atoms with van der Waals surface area (Å²) in [7, 11) is 0. The molecule has 1 rings (SSSR count). The van der Waals surface area contributed by atoms with Gasteiger partial charge in [0.25, 0.3) is 0 Å². The smallest absolute Gasteiger partial charge is 0.240 e. The molecular formula is C12H24N2O. The molecular weight excluding hydrogens is 188 g/mol. The molecule has 1 aliphatic rings. The van der Waals surface area contributed by atoms with Crippen LogP contribution in [0.15, 0.2) is 0 Å². The molecule has 0 aromatic carbocycles. The number of carbonyl (C=O) groups is 1. The summed E-state index contributed by atoms with van der Waals surface area (Å²) in [5, 5.41) is 0. The van der Waals surface area contributed by atoms with E-state index in [4.69, 9.17) is 5.73 Å². The van der Waals surface area contributed by atoms with Crippen LogP contribution in [0.1, 0.15) is 34.6 Å². The molecule has 0 aromatic heterocycles. The van der Waals surface area contributed by atoms with Crippen molar-refractivity contribution in [1.82, 2.24) is 4.90 Å². The molecule has 2 N–H and O–H groups in total. The van der Waals surface area contributed by atoms with E-state index >= 15 is 0 Å². The zero-order chi connectivity index (χ0) is 11.8. The third kappa shape index (κ3) is 2.71. The number of rotatable bonds is 1. The largest absolute Gasteiger partial charge is 0.341 e. The fourth-order valence-electron chi connectivity index (χ4n) is 1.88. The van der Waals surface area contributed by atoms with Gasteiger partial charge in [-0.1, -0.05) is 34.6 Å². The van der Waals surface area contributed by atoms with Gasteiger partial charge in [-0.25, -0.2) is 0 Å². The molecule has 1 aliphatic heterocycles. The predicted molar refractivity (Wildman–Crippen MR) is 62.3 cm³/mol. The topological polar surface area (TPSA) is 46.3 Å². The van der Waals surface area contributed by atoms with Crippen LogP contribution >= 0.6 is 0 Å². The van der Waals surface area contributed by atoms with E-state index in [1.165, 1.54) is 0 Å². The molecule has 3 nitrogen and oxygen atoms in total. The Bertz CT molecular complexity index is 234. The molecule has 0 bridgehead atoms. The maximum atomic E-state index is 12.1. The average molecular weight is 212 g/mol. The van der Waals surface area contributed by atoms with Crippen LogP contribution in [-0.2, 0) is 4.79 Å². The van der Waals surface area contributed by atoms with Gasteiger partial charge in [0.05, 0.1) is 6.04 Å². The van der Waals surface area contributed by atoms with Crippen molar-refractivity contribution in [1.29, 1.82) is 0 Å². The van der Waals surface area contributed by atoms with E-state index in [9.17, 15) is 4.79 Å². The Balaban J connectivity index is 2.63. The highest BCUT2D eigenvalue weighted by atomic mass is 16.2. The second-order valence-electron chi connectivity index (χ2n) is 6.04. The third-order valence-corrected chi connectivity index (χ3v) is 3.50. The summed E-state index contributed by atoms with van der Waals surface area (Å²) in [6.07, 6.45) is 0. The van der Waals surface area contributed by atoms with Gasteiger partial charge in [-0.15, -0.1) is 0 Å². The minimum atomic E-state index is -0.380. The van der Waals surface area contributed by atoms with Crippen molar-refractivity contribution in [3.8, 4) is 0 Å². The summed E-state index contributed by atoms with van der Waals surface area (Å²) in [5.74, 6) is 1.31. The van der Waals surface area contributed by atoms with Crippen LogP contribution in [0.4, 0.5) is 0 Å². The SMILES string of the molecule is CC1CN(C(=O)[C@H](N)C(C)(C)C)CC1C. The van der Waals surface area contributed by atoms with Crippen LogP contribution in [0.2, 0.25) is 0 Å². The summed E-state index contributed by atoms with van der Waals surface area (Å²) in [4.78, 5) is 14.0. The molecule has 0 aliphatic carbocycles. The zero-order valence-corrected chi connectivity index (χ0v) is 10.6. The Morgan fingerprint density at radius 1 is 1.27 bits per heavy atom. The highest BCUT2D eigenvalue weighted by Gasteiger charge is 2.36. The van der Waals surface area contributed by atoms with E-state index in [0.29, 0.717) is 11.8 Å². The molecule has 0 aromatic rings. The summed E-state index contributed by atoms with van der Waals surface area (Å²) >= 11 is 0. The van der Waals surface area contributed by atoms with Crippen molar-refractivity contribution in [2.24, 2.45) is 23.0 Å². The first-order chi connectivity index (χ1) is 6.73. The van der Waals surface area contributed by atoms with Crippen LogP contribution in [0, 0.1) is 17.3 Å². The highest BCUT2D eigenvalue weighted by Crippen LogP contribution is 2.25. The van der Waals surface area contributed by atoms with Gasteiger partial charge in [-0.05, 0) is 17.3 Å². The molecule has 15 heavy (non-hydrogen) atoms. The number of hydrogen-bond donors (Lipinski definition) is 1. The molecule has 0 saturated carbocycles. The molecule has 1 saturated heterocycles. The molecule has 0 spiro atoms. The van der Waals surface area contributed by atoms with E-state index in [0.717, 1.165) is 13.1 Å². The highest BCUT2D eigenvalue weighted by molar-refractivity contribution is 5.82. The van der Waals surface area contributed by atoms with Gasteiger partial charge in [-0.3, -0.25) is 4.79 Å². The molecule has 88 valence electrons. The maximum Gasteiger partial charge on any atom is 0.240 e. The maximum absolute atomic E-state index is 12.1. The Morgan fingerprint density at radius 3 is 2.00 bits per heavy atom. The van der Waals surface area contributed by atoms with Crippen LogP contribution in [0.3, 0.4) is 0 Å². The molecule has 1 fully saturated rings. The van der Waals surface area contributed by atoms with Crippen LogP contribution in [0.25, 0.3) is 0 Å². The van der Waals surface area contributed by atoms with E-state index in [-0.39, 0.29) is 17.4 Å². The van der Waals surface area contributed by atoms with E-state index in [1.807, 2.05) is 25.7 Å². The number of hydrogen-bond acceptors (Lipinski definition) is 2. The van der Waals surface area contributed by atoms with Crippen molar-refractivity contribution >= 4 is 5.91 Å². The van der Waals surface area contributed by atoms with Crippen molar-refractivity contribution < 1.29 is 4.79 Å². The molecule has 2 unspecified atom stereocenters. The summed E-state index contributed by atoms with van der Waals surface area (Å²) in [6.45, 7) is 12.2. The molecule has 3 atom stereocenters. The second-order valence-corrected chi connectivity index (χ2v) is 6.04. The minimum absolute atomic E-state index is 0.110. The summed E-state index contributed by atoms with van der Waals surface area (Å²) < 4.78 is 0. The average Bonchev–Trinajstić information content (AvgIpc) is 2.43. The minimum Gasteiger partial charge on any atom is -0.341 e. The van der Waals surface area contributed by atoms with Crippen molar-refractivity contribution in [3.05, 3.63) is 0 Å². The summed E-state index contributed by atoms with van der Waals surface area (Å²) in [6, 6.07) is -0.380. The lowest BCUT2D eigenvalue weighted by Gasteiger charge is -2.29. The molecule has 1 heterocycles. The number of nitrogens with two attached hydrogens (primary N) is 1. The van der Waals surface area contributed by atoms with Crippen molar-refractivity contribution in [2.75, 3.05) is 13.1 Å². The van der Waals surface area contributed by atoms with Crippen LogP contribution in [-0.4, -0.2) is 29.9 Å². The Kier molecular flexibility index (Phi) is 3.44. The fourth-order valence-corrected chi connectivity index (χ4v) is 1.88. The first-order valence-corrected chi connectivity index (χ1v) is 5.78. The quantitative estimate of drug-likeness (QED) is 0.715. The Hall–Kier alpha value is -0.570. The van der Waals surface area contributed by atoms with E-state index in [1.54, 1.807) is 0 Å². The van der Waals surface area contributed by atoms with Gasteiger partial charge in [0.15, 0.2) is 0 Å². The van der Waals surface area contributed by atoms with E-state index in [2.05, 4.69) is 13.8 Å². The standard InChI is InChI=1S/C12H24N2O/c1-8-6-14(7-9(8)2)11(15)10(13)12(3,4)5/h8-10H,6-7,13H2,1-5H3/t8?,9?,10-/m0/s1. The Morgan fingerprint density at radius 2 is 1.67 bits per heavy atom.